The van der Waals surface area contributed by atoms with Gasteiger partial charge in [-0.25, -0.2) is 12.8 Å². The smallest absolute Gasteiger partial charge is 0.241 e. The molecule has 8 heteroatoms. The highest BCUT2D eigenvalue weighted by atomic mass is 32.2. The summed E-state index contributed by atoms with van der Waals surface area (Å²) in [6, 6.07) is 4.98. The highest BCUT2D eigenvalue weighted by molar-refractivity contribution is 7.92. The van der Waals surface area contributed by atoms with Crippen molar-refractivity contribution in [3.05, 3.63) is 30.1 Å². The molecule has 2 amide bonds. The lowest BCUT2D eigenvalue weighted by Gasteiger charge is -2.32. The number of amides is 2. The number of hydrogen-bond donors (Lipinski definition) is 1. The molecule has 2 rings (SSSR count). The normalized spacial score (nSPS) is 17.7. The molecule has 1 aliphatic heterocycles. The molecular weight excluding hydrogens is 323 g/mol. The second-order valence-electron chi connectivity index (χ2n) is 5.62. The van der Waals surface area contributed by atoms with Gasteiger partial charge in [-0.3, -0.25) is 9.59 Å². The Morgan fingerprint density at radius 3 is 2.35 bits per heavy atom. The zero-order chi connectivity index (χ0) is 17.2. The molecular formula is C15H19FN2O4S. The minimum absolute atomic E-state index is 0.267. The van der Waals surface area contributed by atoms with Crippen LogP contribution in [0.1, 0.15) is 19.8 Å². The molecule has 126 valence electrons. The number of nitrogens with two attached hydrogens (primary N) is 1. The fraction of sp³-hybridized carbons (Fsp3) is 0.467. The zero-order valence-corrected chi connectivity index (χ0v) is 13.6. The number of rotatable bonds is 4. The second-order valence-corrected chi connectivity index (χ2v) is 7.86. The Kier molecular flexibility index (Phi) is 5.03. The third-order valence-electron chi connectivity index (χ3n) is 4.17. The lowest BCUT2D eigenvalue weighted by atomic mass is 9.96. The highest BCUT2D eigenvalue weighted by Crippen LogP contribution is 2.23. The first-order valence-electron chi connectivity index (χ1n) is 7.31. The monoisotopic (exact) mass is 342 g/mol. The predicted octanol–water partition coefficient (Wildman–Crippen LogP) is 0.712. The Balaban J connectivity index is 2.14. The minimum Gasteiger partial charge on any atom is -0.369 e. The van der Waals surface area contributed by atoms with E-state index in [1.807, 2.05) is 0 Å². The van der Waals surface area contributed by atoms with Gasteiger partial charge in [0.1, 0.15) is 16.0 Å². The molecule has 1 unspecified atom stereocenters. The topological polar surface area (TPSA) is 97.5 Å². The van der Waals surface area contributed by atoms with Gasteiger partial charge in [-0.2, -0.15) is 0 Å². The molecule has 6 nitrogen and oxygen atoms in total. The van der Waals surface area contributed by atoms with Crippen LogP contribution in [0.15, 0.2) is 29.2 Å². The quantitative estimate of drug-likeness (QED) is 0.871. The molecule has 1 heterocycles. The number of halogens is 1. The van der Waals surface area contributed by atoms with Crippen molar-refractivity contribution in [3.8, 4) is 0 Å². The van der Waals surface area contributed by atoms with E-state index < -0.39 is 37.6 Å². The Hall–Kier alpha value is -1.96. The van der Waals surface area contributed by atoms with Crippen molar-refractivity contribution in [2.75, 3.05) is 13.1 Å². The van der Waals surface area contributed by atoms with Crippen LogP contribution in [-0.2, 0) is 19.4 Å². The summed E-state index contributed by atoms with van der Waals surface area (Å²) >= 11 is 0. The van der Waals surface area contributed by atoms with E-state index in [1.54, 1.807) is 0 Å². The van der Waals surface area contributed by atoms with Gasteiger partial charge in [-0.1, -0.05) is 12.1 Å². The summed E-state index contributed by atoms with van der Waals surface area (Å²) in [6.07, 6.45) is 0.821. The van der Waals surface area contributed by atoms with Crippen LogP contribution < -0.4 is 5.73 Å². The number of carbonyl (C=O) groups excluding carboxylic acids is 2. The van der Waals surface area contributed by atoms with Crippen molar-refractivity contribution in [1.82, 2.24) is 4.90 Å². The van der Waals surface area contributed by atoms with Gasteiger partial charge in [0.2, 0.25) is 11.8 Å². The van der Waals surface area contributed by atoms with Crippen molar-refractivity contribution in [3.63, 3.8) is 0 Å². The van der Waals surface area contributed by atoms with Crippen LogP contribution >= 0.6 is 0 Å². The Morgan fingerprint density at radius 2 is 1.83 bits per heavy atom. The first-order valence-corrected chi connectivity index (χ1v) is 8.86. The molecule has 2 N–H and O–H groups in total. The minimum atomic E-state index is -4.11. The number of carbonyl (C=O) groups is 2. The maximum absolute atomic E-state index is 13.7. The Labute approximate surface area is 134 Å². The van der Waals surface area contributed by atoms with Crippen molar-refractivity contribution >= 4 is 21.7 Å². The van der Waals surface area contributed by atoms with Gasteiger partial charge in [0, 0.05) is 19.0 Å². The Bertz CT molecular complexity index is 712. The molecule has 1 fully saturated rings. The van der Waals surface area contributed by atoms with Crippen LogP contribution in [-0.4, -0.2) is 43.5 Å². The molecule has 1 aromatic rings. The van der Waals surface area contributed by atoms with Crippen molar-refractivity contribution in [1.29, 1.82) is 0 Å². The zero-order valence-electron chi connectivity index (χ0n) is 12.7. The van der Waals surface area contributed by atoms with Gasteiger partial charge in [-0.15, -0.1) is 0 Å². The molecule has 23 heavy (non-hydrogen) atoms. The molecule has 0 spiro atoms. The molecule has 1 aliphatic rings. The molecule has 0 radical (unpaired) electrons. The lowest BCUT2D eigenvalue weighted by molar-refractivity contribution is -0.134. The maximum atomic E-state index is 13.7. The molecule has 0 saturated carbocycles. The summed E-state index contributed by atoms with van der Waals surface area (Å²) in [4.78, 5) is 24.5. The number of primary amides is 1. The summed E-state index contributed by atoms with van der Waals surface area (Å²) in [5.74, 6) is -2.17. The van der Waals surface area contributed by atoms with Crippen LogP contribution in [0.4, 0.5) is 4.39 Å². The van der Waals surface area contributed by atoms with Crippen molar-refractivity contribution in [2.45, 2.75) is 29.9 Å². The SMILES string of the molecule is CC(C(=O)N1CCC(C(N)=O)CC1)S(=O)(=O)c1ccccc1F. The average molecular weight is 342 g/mol. The summed E-state index contributed by atoms with van der Waals surface area (Å²) < 4.78 is 38.6. The fourth-order valence-electron chi connectivity index (χ4n) is 2.64. The number of sulfone groups is 1. The van der Waals surface area contributed by atoms with E-state index in [0.717, 1.165) is 12.1 Å². The van der Waals surface area contributed by atoms with Crippen LogP contribution in [0.25, 0.3) is 0 Å². The number of benzene rings is 1. The summed E-state index contributed by atoms with van der Waals surface area (Å²) in [6.45, 7) is 1.79. The molecule has 1 atom stereocenters. The largest absolute Gasteiger partial charge is 0.369 e. The lowest BCUT2D eigenvalue weighted by Crippen LogP contribution is -2.47. The standard InChI is InChI=1S/C15H19FN2O4S/c1-10(23(21,22)13-5-3-2-4-12(13)16)15(20)18-8-6-11(7-9-18)14(17)19/h2-5,10-11H,6-9H2,1H3,(H2,17,19). The number of likely N-dealkylation sites (tertiary alicyclic amines) is 1. The molecule has 0 aliphatic carbocycles. The molecule has 0 aromatic heterocycles. The first-order chi connectivity index (χ1) is 10.7. The predicted molar refractivity (Wildman–Crippen MR) is 81.5 cm³/mol. The summed E-state index contributed by atoms with van der Waals surface area (Å²) in [7, 11) is -4.11. The maximum Gasteiger partial charge on any atom is 0.241 e. The van der Waals surface area contributed by atoms with Gasteiger partial charge in [0.05, 0.1) is 0 Å². The van der Waals surface area contributed by atoms with E-state index in [9.17, 15) is 22.4 Å². The van der Waals surface area contributed by atoms with E-state index in [4.69, 9.17) is 5.73 Å². The van der Waals surface area contributed by atoms with Gasteiger partial charge in [0.15, 0.2) is 9.84 Å². The van der Waals surface area contributed by atoms with E-state index in [0.29, 0.717) is 12.8 Å². The molecule has 0 bridgehead atoms. The van der Waals surface area contributed by atoms with Gasteiger partial charge < -0.3 is 10.6 Å². The average Bonchev–Trinajstić information content (AvgIpc) is 2.53. The summed E-state index contributed by atoms with van der Waals surface area (Å²) in [5.41, 5.74) is 5.23. The fourth-order valence-corrected chi connectivity index (χ4v) is 4.04. The van der Waals surface area contributed by atoms with Crippen molar-refractivity contribution in [2.24, 2.45) is 11.7 Å². The summed E-state index contributed by atoms with van der Waals surface area (Å²) in [5, 5.41) is -1.38. The van der Waals surface area contributed by atoms with E-state index in [2.05, 4.69) is 0 Å². The van der Waals surface area contributed by atoms with E-state index >= 15 is 0 Å². The van der Waals surface area contributed by atoms with Crippen LogP contribution in [0.3, 0.4) is 0 Å². The van der Waals surface area contributed by atoms with E-state index in [-0.39, 0.29) is 19.0 Å². The number of piperidine rings is 1. The van der Waals surface area contributed by atoms with Crippen molar-refractivity contribution < 1.29 is 22.4 Å². The van der Waals surface area contributed by atoms with E-state index in [1.165, 1.54) is 24.0 Å². The second kappa shape index (κ2) is 6.66. The molecule has 1 saturated heterocycles. The van der Waals surface area contributed by atoms with Crippen LogP contribution in [0.2, 0.25) is 0 Å². The van der Waals surface area contributed by atoms with Gasteiger partial charge >= 0.3 is 0 Å². The third-order valence-corrected chi connectivity index (χ3v) is 6.24. The third kappa shape index (κ3) is 3.52. The Morgan fingerprint density at radius 1 is 1.26 bits per heavy atom. The van der Waals surface area contributed by atoms with Crippen LogP contribution in [0.5, 0.6) is 0 Å². The van der Waals surface area contributed by atoms with Crippen LogP contribution in [0, 0.1) is 11.7 Å². The number of hydrogen-bond acceptors (Lipinski definition) is 4. The van der Waals surface area contributed by atoms with Gasteiger partial charge in [-0.05, 0) is 31.9 Å². The number of nitrogens with zero attached hydrogens (tertiary/aromatic N) is 1. The molecule has 1 aromatic carbocycles. The van der Waals surface area contributed by atoms with Gasteiger partial charge in [0.25, 0.3) is 0 Å². The first kappa shape index (κ1) is 17.4. The highest BCUT2D eigenvalue weighted by Gasteiger charge is 2.36.